The van der Waals surface area contributed by atoms with Crippen LogP contribution in [-0.4, -0.2) is 36.4 Å². The molecule has 0 unspecified atom stereocenters. The van der Waals surface area contributed by atoms with Gasteiger partial charge in [-0.05, 0) is 49.2 Å². The van der Waals surface area contributed by atoms with Crippen LogP contribution in [0.3, 0.4) is 0 Å². The number of nitrogens with one attached hydrogen (secondary N) is 2. The molecule has 4 nitrogen and oxygen atoms in total. The monoisotopic (exact) mass is 302 g/mol. The van der Waals surface area contributed by atoms with Crippen LogP contribution in [0, 0.1) is 13.8 Å². The van der Waals surface area contributed by atoms with E-state index in [9.17, 15) is 0 Å². The van der Waals surface area contributed by atoms with Gasteiger partial charge in [-0.3, -0.25) is 0 Å². The van der Waals surface area contributed by atoms with E-state index in [1.54, 1.807) is 24.3 Å². The van der Waals surface area contributed by atoms with E-state index in [0.29, 0.717) is 11.5 Å². The zero-order chi connectivity index (χ0) is 16.2. The molecule has 2 aromatic carbocycles. The minimum atomic E-state index is 0.338. The van der Waals surface area contributed by atoms with Crippen molar-refractivity contribution in [1.29, 1.82) is 0 Å². The van der Waals surface area contributed by atoms with Gasteiger partial charge in [0.1, 0.15) is 11.5 Å². The number of rotatable bonds is 0. The van der Waals surface area contributed by atoms with Gasteiger partial charge in [0.15, 0.2) is 0 Å². The van der Waals surface area contributed by atoms with Crippen LogP contribution in [0.2, 0.25) is 0 Å². The molecule has 4 heteroatoms. The fraction of sp³-hybridized carbons (Fsp3) is 0.333. The van der Waals surface area contributed by atoms with Gasteiger partial charge >= 0.3 is 0 Å². The van der Waals surface area contributed by atoms with Gasteiger partial charge in [0, 0.05) is 26.2 Å². The number of phenols is 2. The van der Waals surface area contributed by atoms with Gasteiger partial charge in [-0.1, -0.05) is 24.3 Å². The Morgan fingerprint density at radius 2 is 1.05 bits per heavy atom. The maximum absolute atomic E-state index is 8.81. The van der Waals surface area contributed by atoms with Gasteiger partial charge in [-0.15, -0.1) is 0 Å². The van der Waals surface area contributed by atoms with E-state index in [1.165, 1.54) is 0 Å². The molecule has 1 heterocycles. The maximum Gasteiger partial charge on any atom is 0.115 e. The Hall–Kier alpha value is -2.04. The number of phenolic OH excluding ortho intramolecular Hbond substituents is 2. The molecule has 0 amide bonds. The van der Waals surface area contributed by atoms with Crippen LogP contribution in [0.25, 0.3) is 0 Å². The quantitative estimate of drug-likeness (QED) is 0.604. The Kier molecular flexibility index (Phi) is 8.72. The molecule has 3 rings (SSSR count). The van der Waals surface area contributed by atoms with E-state index < -0.39 is 0 Å². The first-order valence-corrected chi connectivity index (χ1v) is 7.50. The first-order chi connectivity index (χ1) is 10.6. The molecule has 1 fully saturated rings. The lowest BCUT2D eigenvalue weighted by atomic mass is 10.2. The molecule has 0 aromatic heterocycles. The van der Waals surface area contributed by atoms with Crippen LogP contribution in [0.4, 0.5) is 0 Å². The van der Waals surface area contributed by atoms with E-state index in [2.05, 4.69) is 10.6 Å². The molecule has 0 radical (unpaired) electrons. The Bertz CT molecular complexity index is 451. The SMILES string of the molecule is C1CNCCN1.Cc1cccc(O)c1.Cc1cccc(O)c1. The van der Waals surface area contributed by atoms with Crippen LogP contribution < -0.4 is 10.6 Å². The molecule has 0 atom stereocenters. The molecular formula is C18H26N2O2. The lowest BCUT2D eigenvalue weighted by Crippen LogP contribution is -2.39. The summed E-state index contributed by atoms with van der Waals surface area (Å²) < 4.78 is 0. The zero-order valence-electron chi connectivity index (χ0n) is 13.3. The third-order valence-corrected chi connectivity index (χ3v) is 2.96. The second-order valence-electron chi connectivity index (χ2n) is 5.18. The topological polar surface area (TPSA) is 64.5 Å². The van der Waals surface area contributed by atoms with Crippen molar-refractivity contribution in [1.82, 2.24) is 10.6 Å². The number of benzene rings is 2. The Morgan fingerprint density at radius 3 is 1.23 bits per heavy atom. The molecule has 1 aliphatic rings. The van der Waals surface area contributed by atoms with Crippen molar-refractivity contribution >= 4 is 0 Å². The number of piperazine rings is 1. The average Bonchev–Trinajstić information content (AvgIpc) is 2.50. The van der Waals surface area contributed by atoms with Gasteiger partial charge in [0.2, 0.25) is 0 Å². The maximum atomic E-state index is 8.81. The van der Waals surface area contributed by atoms with Crippen LogP contribution in [0.15, 0.2) is 48.5 Å². The number of aryl methyl sites for hydroxylation is 2. The van der Waals surface area contributed by atoms with Crippen LogP contribution in [0.1, 0.15) is 11.1 Å². The predicted octanol–water partition coefficient (Wildman–Crippen LogP) is 2.58. The van der Waals surface area contributed by atoms with E-state index in [0.717, 1.165) is 37.3 Å². The third-order valence-electron chi connectivity index (χ3n) is 2.96. The van der Waals surface area contributed by atoms with Crippen molar-refractivity contribution in [2.75, 3.05) is 26.2 Å². The van der Waals surface area contributed by atoms with Gasteiger partial charge in [0.05, 0.1) is 0 Å². The van der Waals surface area contributed by atoms with Crippen LogP contribution >= 0.6 is 0 Å². The minimum absolute atomic E-state index is 0.338. The summed E-state index contributed by atoms with van der Waals surface area (Å²) in [6, 6.07) is 14.3. The van der Waals surface area contributed by atoms with Crippen LogP contribution in [-0.2, 0) is 0 Å². The molecule has 0 saturated carbocycles. The lowest BCUT2D eigenvalue weighted by Gasteiger charge is -2.11. The third kappa shape index (κ3) is 9.00. The molecule has 120 valence electrons. The van der Waals surface area contributed by atoms with Crippen molar-refractivity contribution in [3.05, 3.63) is 59.7 Å². The summed E-state index contributed by atoms with van der Waals surface area (Å²) in [5.74, 6) is 0.676. The molecule has 1 aliphatic heterocycles. The first-order valence-electron chi connectivity index (χ1n) is 7.50. The minimum Gasteiger partial charge on any atom is -0.508 e. The summed E-state index contributed by atoms with van der Waals surface area (Å²) >= 11 is 0. The molecule has 0 spiro atoms. The number of aromatic hydroxyl groups is 2. The second-order valence-corrected chi connectivity index (χ2v) is 5.18. The highest BCUT2D eigenvalue weighted by Gasteiger charge is 1.91. The first kappa shape index (κ1) is 18.0. The van der Waals surface area contributed by atoms with Crippen molar-refractivity contribution in [3.63, 3.8) is 0 Å². The Balaban J connectivity index is 0.000000167. The van der Waals surface area contributed by atoms with Gasteiger partial charge in [-0.25, -0.2) is 0 Å². The second kappa shape index (κ2) is 10.7. The molecule has 0 bridgehead atoms. The average molecular weight is 302 g/mol. The summed E-state index contributed by atoms with van der Waals surface area (Å²) in [6.07, 6.45) is 0. The highest BCUT2D eigenvalue weighted by Crippen LogP contribution is 2.09. The highest BCUT2D eigenvalue weighted by atomic mass is 16.3. The standard InChI is InChI=1S/2C7H8O.C4H10N2/c2*1-6-3-2-4-7(8)5-6;1-2-6-4-3-5-1/h2*2-5,8H,1H3;5-6H,1-4H2. The van der Waals surface area contributed by atoms with Gasteiger partial charge in [0.25, 0.3) is 0 Å². The summed E-state index contributed by atoms with van der Waals surface area (Å²) in [5.41, 5.74) is 2.18. The van der Waals surface area contributed by atoms with Crippen LogP contribution in [0.5, 0.6) is 11.5 Å². The molecule has 4 N–H and O–H groups in total. The zero-order valence-corrected chi connectivity index (χ0v) is 13.3. The van der Waals surface area contributed by atoms with Crippen molar-refractivity contribution < 1.29 is 10.2 Å². The van der Waals surface area contributed by atoms with Crippen molar-refractivity contribution in [3.8, 4) is 11.5 Å². The van der Waals surface area contributed by atoms with Gasteiger partial charge < -0.3 is 20.8 Å². The van der Waals surface area contributed by atoms with Gasteiger partial charge in [-0.2, -0.15) is 0 Å². The summed E-state index contributed by atoms with van der Waals surface area (Å²) in [4.78, 5) is 0. The number of hydrogen-bond acceptors (Lipinski definition) is 4. The molecule has 22 heavy (non-hydrogen) atoms. The van der Waals surface area contributed by atoms with Crippen molar-refractivity contribution in [2.45, 2.75) is 13.8 Å². The summed E-state index contributed by atoms with van der Waals surface area (Å²) in [7, 11) is 0. The molecule has 2 aromatic rings. The summed E-state index contributed by atoms with van der Waals surface area (Å²) in [5, 5.41) is 24.1. The normalized spacial score (nSPS) is 13.2. The smallest absolute Gasteiger partial charge is 0.115 e. The van der Waals surface area contributed by atoms with E-state index in [-0.39, 0.29) is 0 Å². The van der Waals surface area contributed by atoms with E-state index in [4.69, 9.17) is 10.2 Å². The predicted molar refractivity (Wildman–Crippen MR) is 91.4 cm³/mol. The largest absolute Gasteiger partial charge is 0.508 e. The fourth-order valence-electron chi connectivity index (χ4n) is 1.86. The number of hydrogen-bond donors (Lipinski definition) is 4. The Labute approximate surface area is 132 Å². The highest BCUT2D eigenvalue weighted by molar-refractivity contribution is 5.26. The molecule has 0 aliphatic carbocycles. The summed E-state index contributed by atoms with van der Waals surface area (Å²) in [6.45, 7) is 8.44. The van der Waals surface area contributed by atoms with Crippen molar-refractivity contribution in [2.24, 2.45) is 0 Å². The fourth-order valence-corrected chi connectivity index (χ4v) is 1.86. The van der Waals surface area contributed by atoms with E-state index >= 15 is 0 Å². The Morgan fingerprint density at radius 1 is 0.682 bits per heavy atom. The van der Waals surface area contributed by atoms with E-state index in [1.807, 2.05) is 38.1 Å². The molecule has 1 saturated heterocycles. The molecular weight excluding hydrogens is 276 g/mol. The lowest BCUT2D eigenvalue weighted by molar-refractivity contribution is 0.474.